The highest BCUT2D eigenvalue weighted by Gasteiger charge is 2.17. The first-order valence-electron chi connectivity index (χ1n) is 6.47. The van der Waals surface area contributed by atoms with Crippen molar-refractivity contribution in [2.45, 2.75) is 13.6 Å². The number of hydrogen-bond donors (Lipinski definition) is 0. The van der Waals surface area contributed by atoms with Gasteiger partial charge in [-0.2, -0.15) is 0 Å². The zero-order valence-electron chi connectivity index (χ0n) is 12.1. The zero-order chi connectivity index (χ0) is 15.6. The number of methoxy groups -OCH3 is 1. The van der Waals surface area contributed by atoms with Crippen LogP contribution < -0.4 is 5.76 Å². The maximum atomic E-state index is 11.9. The van der Waals surface area contributed by atoms with Crippen LogP contribution in [0.5, 0.6) is 0 Å². The Morgan fingerprint density at radius 1 is 1.52 bits per heavy atom. The summed E-state index contributed by atoms with van der Waals surface area (Å²) in [5.74, 6) is -1.01. The predicted molar refractivity (Wildman–Crippen MR) is 79.3 cm³/mol. The van der Waals surface area contributed by atoms with Gasteiger partial charge in [-0.15, -0.1) is 0 Å². The maximum absolute atomic E-state index is 11.9. The van der Waals surface area contributed by atoms with Gasteiger partial charge in [-0.3, -0.25) is 14.3 Å². The summed E-state index contributed by atoms with van der Waals surface area (Å²) in [6, 6.07) is 5.04. The van der Waals surface area contributed by atoms with Crippen molar-refractivity contribution in [3.63, 3.8) is 0 Å². The van der Waals surface area contributed by atoms with Crippen LogP contribution in [-0.4, -0.2) is 36.1 Å². The summed E-state index contributed by atoms with van der Waals surface area (Å²) in [6.45, 7) is 2.56. The third kappa shape index (κ3) is 3.46. The quantitative estimate of drug-likeness (QED) is 0.790. The molecule has 2 aromatic rings. The number of rotatable bonds is 5. The second-order valence-corrected chi connectivity index (χ2v) is 5.45. The fourth-order valence-corrected chi connectivity index (χ4v) is 2.38. The van der Waals surface area contributed by atoms with Crippen LogP contribution in [0.25, 0.3) is 11.1 Å². The molecule has 0 N–H and O–H groups in total. The topological polar surface area (TPSA) is 64.7 Å². The van der Waals surface area contributed by atoms with Gasteiger partial charge in [-0.05, 0) is 19.2 Å². The Hall–Kier alpha value is -1.79. The van der Waals surface area contributed by atoms with E-state index in [1.807, 2.05) is 11.9 Å². The predicted octanol–water partition coefficient (Wildman–Crippen LogP) is 1.95. The normalized spacial score (nSPS) is 12.8. The zero-order valence-corrected chi connectivity index (χ0v) is 12.9. The molecule has 6 nitrogen and oxygen atoms in total. The second-order valence-electron chi connectivity index (χ2n) is 5.01. The van der Waals surface area contributed by atoms with Crippen molar-refractivity contribution < 1.29 is 13.9 Å². The molecule has 1 atom stereocenters. The molecule has 1 unspecified atom stereocenters. The first kappa shape index (κ1) is 15.6. The lowest BCUT2D eigenvalue weighted by Crippen LogP contribution is -2.33. The molecule has 0 aliphatic carbocycles. The highest BCUT2D eigenvalue weighted by Crippen LogP contribution is 2.18. The van der Waals surface area contributed by atoms with Gasteiger partial charge >= 0.3 is 11.7 Å². The fraction of sp³-hybridized carbons (Fsp3) is 0.429. The number of nitrogens with zero attached hydrogens (tertiary/aromatic N) is 2. The minimum Gasteiger partial charge on any atom is -0.469 e. The third-order valence-electron chi connectivity index (χ3n) is 3.20. The van der Waals surface area contributed by atoms with Gasteiger partial charge in [0, 0.05) is 17.6 Å². The number of oxazole rings is 1. The molecule has 0 fully saturated rings. The summed E-state index contributed by atoms with van der Waals surface area (Å²) < 4.78 is 11.3. The summed E-state index contributed by atoms with van der Waals surface area (Å²) in [7, 11) is 3.18. The Labute approximate surface area is 126 Å². The van der Waals surface area contributed by atoms with Crippen LogP contribution in [0, 0.1) is 5.92 Å². The van der Waals surface area contributed by atoms with Crippen LogP contribution in [0.15, 0.2) is 27.4 Å². The van der Waals surface area contributed by atoms with E-state index in [2.05, 4.69) is 4.74 Å². The van der Waals surface area contributed by atoms with Gasteiger partial charge in [-0.25, -0.2) is 4.79 Å². The molecular formula is C14H17ClN2O4. The molecule has 21 heavy (non-hydrogen) atoms. The van der Waals surface area contributed by atoms with Gasteiger partial charge < -0.3 is 9.15 Å². The average Bonchev–Trinajstić information content (AvgIpc) is 2.73. The monoisotopic (exact) mass is 312 g/mol. The summed E-state index contributed by atoms with van der Waals surface area (Å²) in [4.78, 5) is 25.2. The van der Waals surface area contributed by atoms with E-state index in [0.717, 1.165) is 0 Å². The molecule has 1 aromatic heterocycles. The minimum absolute atomic E-state index is 0.275. The maximum Gasteiger partial charge on any atom is 0.421 e. The highest BCUT2D eigenvalue weighted by atomic mass is 35.5. The Bertz CT molecular complexity index is 707. The average molecular weight is 313 g/mol. The number of carbonyl (C=O) groups excluding carboxylic acids is 1. The molecule has 2 rings (SSSR count). The molecule has 0 aliphatic rings. The summed E-state index contributed by atoms with van der Waals surface area (Å²) in [6.07, 6.45) is 0. The summed E-state index contributed by atoms with van der Waals surface area (Å²) in [5.41, 5.74) is 1.11. The second kappa shape index (κ2) is 6.32. The van der Waals surface area contributed by atoms with E-state index >= 15 is 0 Å². The smallest absolute Gasteiger partial charge is 0.421 e. The van der Waals surface area contributed by atoms with E-state index in [4.69, 9.17) is 16.0 Å². The molecule has 0 aliphatic heterocycles. The number of fused-ring (bicyclic) bond motifs is 1. The molecule has 1 aromatic carbocycles. The molecule has 1 heterocycles. The number of carbonyl (C=O) groups is 1. The van der Waals surface area contributed by atoms with E-state index in [-0.39, 0.29) is 11.9 Å². The standard InChI is InChI=1S/C14H17ClN2O4/c1-9(13(18)20-3)7-16(2)8-17-11-5-4-10(15)6-12(11)21-14(17)19/h4-6,9H,7-8H2,1-3H3. The van der Waals surface area contributed by atoms with E-state index in [9.17, 15) is 9.59 Å². The Kier molecular flexibility index (Phi) is 4.69. The van der Waals surface area contributed by atoms with Gasteiger partial charge in [0.25, 0.3) is 0 Å². The van der Waals surface area contributed by atoms with Crippen molar-refractivity contribution in [2.24, 2.45) is 5.92 Å². The summed E-state index contributed by atoms with van der Waals surface area (Å²) >= 11 is 5.87. The lowest BCUT2D eigenvalue weighted by atomic mass is 10.2. The Morgan fingerprint density at radius 2 is 2.24 bits per heavy atom. The highest BCUT2D eigenvalue weighted by molar-refractivity contribution is 6.31. The number of halogens is 1. The Balaban J connectivity index is 2.18. The molecule has 114 valence electrons. The van der Waals surface area contributed by atoms with Gasteiger partial charge in [-0.1, -0.05) is 18.5 Å². The number of aromatic nitrogens is 1. The number of hydrogen-bond acceptors (Lipinski definition) is 5. The van der Waals surface area contributed by atoms with E-state index in [1.54, 1.807) is 25.1 Å². The first-order chi connectivity index (χ1) is 9.92. The first-order valence-corrected chi connectivity index (χ1v) is 6.85. The SMILES string of the molecule is COC(=O)C(C)CN(C)Cn1c(=O)oc2cc(Cl)ccc21. The van der Waals surface area contributed by atoms with Crippen molar-refractivity contribution in [1.29, 1.82) is 0 Å². The van der Waals surface area contributed by atoms with Crippen molar-refractivity contribution in [3.05, 3.63) is 33.8 Å². The van der Waals surface area contributed by atoms with E-state index < -0.39 is 5.76 Å². The van der Waals surface area contributed by atoms with Gasteiger partial charge in [0.05, 0.1) is 25.2 Å². The van der Waals surface area contributed by atoms with Crippen molar-refractivity contribution >= 4 is 28.7 Å². The number of ether oxygens (including phenoxy) is 1. The van der Waals surface area contributed by atoms with Crippen LogP contribution in [-0.2, 0) is 16.2 Å². The summed E-state index contributed by atoms with van der Waals surface area (Å²) in [5, 5.41) is 0.510. The molecule has 7 heteroatoms. The molecule has 0 saturated heterocycles. The van der Waals surface area contributed by atoms with Crippen LogP contribution in [0.2, 0.25) is 5.02 Å². The van der Waals surface area contributed by atoms with Crippen molar-refractivity contribution in [1.82, 2.24) is 9.47 Å². The molecule has 0 spiro atoms. The Morgan fingerprint density at radius 3 is 2.90 bits per heavy atom. The molecular weight excluding hydrogens is 296 g/mol. The lowest BCUT2D eigenvalue weighted by molar-refractivity contribution is -0.145. The molecule has 0 amide bonds. The van der Waals surface area contributed by atoms with Gasteiger partial charge in [0.1, 0.15) is 0 Å². The van der Waals surface area contributed by atoms with Gasteiger partial charge in [0.2, 0.25) is 0 Å². The van der Waals surface area contributed by atoms with Crippen LogP contribution in [0.1, 0.15) is 6.92 Å². The van der Waals surface area contributed by atoms with Crippen LogP contribution >= 0.6 is 11.6 Å². The van der Waals surface area contributed by atoms with E-state index in [1.165, 1.54) is 11.7 Å². The fourth-order valence-electron chi connectivity index (χ4n) is 2.22. The van der Waals surface area contributed by atoms with Crippen LogP contribution in [0.4, 0.5) is 0 Å². The molecule has 0 bridgehead atoms. The third-order valence-corrected chi connectivity index (χ3v) is 3.44. The van der Waals surface area contributed by atoms with Crippen molar-refractivity contribution in [3.8, 4) is 0 Å². The van der Waals surface area contributed by atoms with Crippen LogP contribution in [0.3, 0.4) is 0 Å². The largest absolute Gasteiger partial charge is 0.469 e. The lowest BCUT2D eigenvalue weighted by Gasteiger charge is -2.19. The number of benzene rings is 1. The van der Waals surface area contributed by atoms with Gasteiger partial charge in [0.15, 0.2) is 5.58 Å². The molecule has 0 radical (unpaired) electrons. The number of esters is 1. The minimum atomic E-state index is -0.454. The molecule has 0 saturated carbocycles. The van der Waals surface area contributed by atoms with E-state index in [0.29, 0.717) is 29.3 Å². The van der Waals surface area contributed by atoms with Crippen molar-refractivity contribution in [2.75, 3.05) is 20.7 Å².